The monoisotopic (exact) mass is 321 g/mol. The van der Waals surface area contributed by atoms with E-state index in [1.165, 1.54) is 6.07 Å². The second-order valence-corrected chi connectivity index (χ2v) is 5.31. The molecule has 124 valence electrons. The Morgan fingerprint density at radius 2 is 1.91 bits per heavy atom. The number of ether oxygens (including phenoxy) is 1. The van der Waals surface area contributed by atoms with Gasteiger partial charge in [-0.25, -0.2) is 8.78 Å². The van der Waals surface area contributed by atoms with E-state index in [4.69, 9.17) is 4.74 Å². The van der Waals surface area contributed by atoms with Crippen LogP contribution in [-0.4, -0.2) is 18.8 Å². The van der Waals surface area contributed by atoms with Crippen LogP contribution < -0.4 is 10.1 Å². The highest BCUT2D eigenvalue weighted by molar-refractivity contribution is 5.31. The smallest absolute Gasteiger partial charge is 0.128 e. The Hall–Kier alpha value is -1.98. The summed E-state index contributed by atoms with van der Waals surface area (Å²) in [5, 5.41) is 12.9. The maximum atomic E-state index is 14.0. The van der Waals surface area contributed by atoms with E-state index in [1.54, 1.807) is 7.11 Å². The lowest BCUT2D eigenvalue weighted by Crippen LogP contribution is -2.29. The van der Waals surface area contributed by atoms with Crippen molar-refractivity contribution in [3.8, 4) is 5.75 Å². The first-order valence-corrected chi connectivity index (χ1v) is 7.54. The molecule has 2 unspecified atom stereocenters. The minimum atomic E-state index is -0.483. The largest absolute Gasteiger partial charge is 0.497 e. The number of nitrogens with one attached hydrogen (secondary N) is 1. The van der Waals surface area contributed by atoms with E-state index in [0.717, 1.165) is 17.7 Å². The fraction of sp³-hybridized carbons (Fsp3) is 0.333. The number of aliphatic hydroxyl groups is 1. The van der Waals surface area contributed by atoms with Crippen molar-refractivity contribution in [1.82, 2.24) is 5.32 Å². The topological polar surface area (TPSA) is 41.5 Å². The third kappa shape index (κ3) is 4.27. The van der Waals surface area contributed by atoms with Gasteiger partial charge in [-0.1, -0.05) is 19.1 Å². The molecular formula is C18H21F2NO2. The number of rotatable bonds is 7. The van der Waals surface area contributed by atoms with Crippen LogP contribution in [0.1, 0.15) is 36.6 Å². The molecule has 0 radical (unpaired) electrons. The molecule has 2 aromatic carbocycles. The molecule has 23 heavy (non-hydrogen) atoms. The van der Waals surface area contributed by atoms with E-state index in [9.17, 15) is 13.9 Å². The standard InChI is InChI=1S/C18H21F2NO2/c1-3-17(15-10-13(19)7-8-16(15)20)21-18(11-22)12-5-4-6-14(9-12)23-2/h4-10,17-18,21-22H,3,11H2,1-2H3. The molecule has 0 saturated carbocycles. The molecule has 2 atom stereocenters. The maximum Gasteiger partial charge on any atom is 0.128 e. The molecule has 0 aliphatic carbocycles. The minimum Gasteiger partial charge on any atom is -0.497 e. The van der Waals surface area contributed by atoms with Gasteiger partial charge >= 0.3 is 0 Å². The van der Waals surface area contributed by atoms with Gasteiger partial charge in [0.2, 0.25) is 0 Å². The number of halogens is 2. The predicted molar refractivity (Wildman–Crippen MR) is 85.3 cm³/mol. The van der Waals surface area contributed by atoms with Crippen LogP contribution in [0.2, 0.25) is 0 Å². The molecular weight excluding hydrogens is 300 g/mol. The molecule has 0 aliphatic rings. The zero-order chi connectivity index (χ0) is 16.8. The molecule has 0 aromatic heterocycles. The van der Waals surface area contributed by atoms with Crippen molar-refractivity contribution in [2.45, 2.75) is 25.4 Å². The summed E-state index contributed by atoms with van der Waals surface area (Å²) in [7, 11) is 1.57. The van der Waals surface area contributed by atoms with E-state index >= 15 is 0 Å². The Labute approximate surface area is 134 Å². The van der Waals surface area contributed by atoms with E-state index < -0.39 is 23.7 Å². The molecule has 0 fully saturated rings. The molecule has 0 heterocycles. The summed E-state index contributed by atoms with van der Waals surface area (Å²) in [5.41, 5.74) is 1.08. The number of hydrogen-bond acceptors (Lipinski definition) is 3. The van der Waals surface area contributed by atoms with Crippen LogP contribution in [0.5, 0.6) is 5.75 Å². The van der Waals surface area contributed by atoms with Gasteiger partial charge < -0.3 is 15.2 Å². The lowest BCUT2D eigenvalue weighted by atomic mass is 10.00. The van der Waals surface area contributed by atoms with Crippen molar-refractivity contribution in [2.75, 3.05) is 13.7 Å². The average Bonchev–Trinajstić information content (AvgIpc) is 2.58. The van der Waals surface area contributed by atoms with Crippen LogP contribution in [0.25, 0.3) is 0 Å². The predicted octanol–water partition coefficient (Wildman–Crippen LogP) is 3.75. The molecule has 0 saturated heterocycles. The van der Waals surface area contributed by atoms with Gasteiger partial charge in [-0.15, -0.1) is 0 Å². The highest BCUT2D eigenvalue weighted by atomic mass is 19.1. The van der Waals surface area contributed by atoms with E-state index in [1.807, 2.05) is 31.2 Å². The summed E-state index contributed by atoms with van der Waals surface area (Å²) in [5.74, 6) is -0.274. The van der Waals surface area contributed by atoms with Crippen LogP contribution in [0.15, 0.2) is 42.5 Å². The lowest BCUT2D eigenvalue weighted by Gasteiger charge is -2.25. The van der Waals surface area contributed by atoms with Crippen molar-refractivity contribution >= 4 is 0 Å². The number of aliphatic hydroxyl groups excluding tert-OH is 1. The van der Waals surface area contributed by atoms with Gasteiger partial charge in [-0.05, 0) is 42.3 Å². The van der Waals surface area contributed by atoms with Gasteiger partial charge in [0.05, 0.1) is 19.8 Å². The zero-order valence-electron chi connectivity index (χ0n) is 13.2. The molecule has 2 N–H and O–H groups in total. The Kier molecular flexibility index (Phi) is 6.07. The Bertz CT molecular complexity index is 649. The fourth-order valence-corrected chi connectivity index (χ4v) is 2.56. The molecule has 2 aromatic rings. The van der Waals surface area contributed by atoms with Gasteiger partial charge in [-0.3, -0.25) is 0 Å². The third-order valence-electron chi connectivity index (χ3n) is 3.82. The summed E-state index contributed by atoms with van der Waals surface area (Å²) in [6.07, 6.45) is 0.556. The highest BCUT2D eigenvalue weighted by Gasteiger charge is 2.20. The van der Waals surface area contributed by atoms with Gasteiger partial charge in [0.15, 0.2) is 0 Å². The van der Waals surface area contributed by atoms with Crippen LogP contribution in [0.4, 0.5) is 8.78 Å². The third-order valence-corrected chi connectivity index (χ3v) is 3.82. The van der Waals surface area contributed by atoms with E-state index in [-0.39, 0.29) is 12.2 Å². The summed E-state index contributed by atoms with van der Waals surface area (Å²) in [6.45, 7) is 1.71. The molecule has 0 spiro atoms. The molecule has 0 aliphatic heterocycles. The molecule has 0 amide bonds. The first kappa shape index (κ1) is 17.4. The van der Waals surface area contributed by atoms with Gasteiger partial charge in [0.25, 0.3) is 0 Å². The molecule has 5 heteroatoms. The average molecular weight is 321 g/mol. The zero-order valence-corrected chi connectivity index (χ0v) is 13.2. The number of benzene rings is 2. The normalized spacial score (nSPS) is 13.6. The second kappa shape index (κ2) is 8.04. The summed E-state index contributed by atoms with van der Waals surface area (Å²) in [4.78, 5) is 0. The molecule has 0 bridgehead atoms. The molecule has 2 rings (SSSR count). The van der Waals surface area contributed by atoms with E-state index in [0.29, 0.717) is 12.2 Å². The fourth-order valence-electron chi connectivity index (χ4n) is 2.56. The SMILES string of the molecule is CCC(NC(CO)c1cccc(OC)c1)c1cc(F)ccc1F. The minimum absolute atomic E-state index is 0.166. The Morgan fingerprint density at radius 1 is 1.13 bits per heavy atom. The Balaban J connectivity index is 2.26. The van der Waals surface area contributed by atoms with Gasteiger partial charge in [0, 0.05) is 11.6 Å². The summed E-state index contributed by atoms with van der Waals surface area (Å²) in [6, 6.07) is 9.88. The van der Waals surface area contributed by atoms with Gasteiger partial charge in [-0.2, -0.15) is 0 Å². The maximum absolute atomic E-state index is 14.0. The highest BCUT2D eigenvalue weighted by Crippen LogP contribution is 2.26. The van der Waals surface area contributed by atoms with Crippen LogP contribution >= 0.6 is 0 Å². The first-order chi connectivity index (χ1) is 11.1. The van der Waals surface area contributed by atoms with Crippen molar-refractivity contribution in [3.05, 3.63) is 65.2 Å². The number of methoxy groups -OCH3 is 1. The lowest BCUT2D eigenvalue weighted by molar-refractivity contribution is 0.230. The summed E-state index contributed by atoms with van der Waals surface area (Å²) < 4.78 is 32.6. The number of hydrogen-bond donors (Lipinski definition) is 2. The second-order valence-electron chi connectivity index (χ2n) is 5.31. The van der Waals surface area contributed by atoms with Crippen LogP contribution in [-0.2, 0) is 0 Å². The van der Waals surface area contributed by atoms with Crippen molar-refractivity contribution < 1.29 is 18.6 Å². The Morgan fingerprint density at radius 3 is 2.57 bits per heavy atom. The van der Waals surface area contributed by atoms with Crippen LogP contribution in [0.3, 0.4) is 0 Å². The van der Waals surface area contributed by atoms with Crippen molar-refractivity contribution in [1.29, 1.82) is 0 Å². The molecule has 3 nitrogen and oxygen atoms in total. The van der Waals surface area contributed by atoms with Gasteiger partial charge in [0.1, 0.15) is 17.4 Å². The van der Waals surface area contributed by atoms with E-state index in [2.05, 4.69) is 5.32 Å². The van der Waals surface area contributed by atoms with Crippen molar-refractivity contribution in [3.63, 3.8) is 0 Å². The van der Waals surface area contributed by atoms with Crippen molar-refractivity contribution in [2.24, 2.45) is 0 Å². The quantitative estimate of drug-likeness (QED) is 0.816. The first-order valence-electron chi connectivity index (χ1n) is 7.54. The summed E-state index contributed by atoms with van der Waals surface area (Å²) >= 11 is 0. The van der Waals surface area contributed by atoms with Crippen LogP contribution in [0, 0.1) is 11.6 Å².